The molecule has 156 valence electrons. The van der Waals surface area contributed by atoms with Crippen molar-refractivity contribution in [3.8, 4) is 0 Å². The van der Waals surface area contributed by atoms with Crippen molar-refractivity contribution in [1.82, 2.24) is 19.5 Å². The Morgan fingerprint density at radius 2 is 2.00 bits per heavy atom. The number of nitrogen functional groups attached to an aromatic ring is 1. The number of aliphatic hydroxyl groups excluding tert-OH is 1. The number of rotatable bonds is 6. The summed E-state index contributed by atoms with van der Waals surface area (Å²) in [7, 11) is -10.6. The van der Waals surface area contributed by atoms with Gasteiger partial charge in [-0.25, -0.2) is 4.98 Å². The van der Waals surface area contributed by atoms with Crippen molar-refractivity contribution >= 4 is 32.6 Å². The van der Waals surface area contributed by atoms with Gasteiger partial charge in [0, 0.05) is 0 Å². The van der Waals surface area contributed by atoms with Crippen molar-refractivity contribution in [2.45, 2.75) is 24.5 Å². The van der Waals surface area contributed by atoms with E-state index in [0.717, 1.165) is 10.9 Å². The van der Waals surface area contributed by atoms with Gasteiger partial charge in [0.15, 0.2) is 23.2 Å². The Morgan fingerprint density at radius 3 is 2.61 bits per heavy atom. The van der Waals surface area contributed by atoms with Gasteiger partial charge in [0.2, 0.25) is 0 Å². The lowest BCUT2D eigenvalue weighted by molar-refractivity contribution is -0.229. The molecule has 28 heavy (non-hydrogen) atoms. The molecule has 0 bridgehead atoms. The van der Waals surface area contributed by atoms with Crippen LogP contribution >= 0.6 is 15.6 Å². The lowest BCUT2D eigenvalue weighted by Crippen LogP contribution is -2.37. The molecule has 3 rings (SSSR count). The minimum Gasteiger partial charge on any atom is -0.756 e. The Kier molecular flexibility index (Phi) is 5.55. The predicted octanol–water partition coefficient (Wildman–Crippen LogP) is -2.87. The molecule has 18 heteroatoms. The number of nitrogens with two attached hydrogens (primary N) is 1. The molecule has 1 fully saturated rings. The normalized spacial score (nSPS) is 29.6. The average Bonchev–Trinajstić information content (AvgIpc) is 3.06. The summed E-state index contributed by atoms with van der Waals surface area (Å²) in [4.78, 5) is 50.0. The van der Waals surface area contributed by atoms with Crippen LogP contribution in [0.4, 0.5) is 10.2 Å². The minimum atomic E-state index is -5.41. The molecule has 1 saturated heterocycles. The minimum absolute atomic E-state index is 0.0644. The van der Waals surface area contributed by atoms with Crippen LogP contribution in [-0.4, -0.2) is 59.3 Å². The van der Waals surface area contributed by atoms with Gasteiger partial charge in [-0.2, -0.15) is 14.4 Å². The van der Waals surface area contributed by atoms with E-state index in [2.05, 4.69) is 24.0 Å². The summed E-state index contributed by atoms with van der Waals surface area (Å²) in [6, 6.07) is 0. The zero-order chi connectivity index (χ0) is 20.9. The van der Waals surface area contributed by atoms with Crippen molar-refractivity contribution < 1.29 is 52.0 Å². The van der Waals surface area contributed by atoms with Crippen LogP contribution < -0.4 is 15.5 Å². The molecule has 3 heterocycles. The van der Waals surface area contributed by atoms with Gasteiger partial charge in [-0.15, -0.1) is 0 Å². The topological polar surface area (TPSA) is 238 Å². The van der Waals surface area contributed by atoms with Crippen LogP contribution in [0.2, 0.25) is 0 Å². The first-order chi connectivity index (χ1) is 12.9. The number of fused-ring (bicyclic) bond motifs is 1. The Bertz CT molecular complexity index is 977. The van der Waals surface area contributed by atoms with Gasteiger partial charge in [0.25, 0.3) is 15.6 Å². The third-order valence-electron chi connectivity index (χ3n) is 3.66. The highest BCUT2D eigenvalue weighted by molar-refractivity contribution is 7.45. The van der Waals surface area contributed by atoms with E-state index in [0.29, 0.717) is 0 Å². The quantitative estimate of drug-likeness (QED) is 0.259. The molecular weight excluding hydrogens is 431 g/mol. The van der Waals surface area contributed by atoms with Crippen molar-refractivity contribution in [2.24, 2.45) is 0 Å². The highest BCUT2D eigenvalue weighted by atomic mass is 31.2. The van der Waals surface area contributed by atoms with Crippen molar-refractivity contribution in [1.29, 1.82) is 0 Å². The molecule has 0 saturated carbocycles. The number of halogens is 1. The molecule has 5 N–H and O–H groups in total. The summed E-state index contributed by atoms with van der Waals surface area (Å²) >= 11 is 0. The number of ether oxygens (including phenoxy) is 1. The second-order valence-corrected chi connectivity index (χ2v) is 7.90. The van der Waals surface area contributed by atoms with Gasteiger partial charge in [-0.3, -0.25) is 13.7 Å². The summed E-state index contributed by atoms with van der Waals surface area (Å²) < 4.78 is 50.0. The third-order valence-corrected chi connectivity index (χ3v) is 4.65. The first-order valence-electron chi connectivity index (χ1n) is 7.25. The molecule has 0 aliphatic carbocycles. The van der Waals surface area contributed by atoms with Gasteiger partial charge in [-0.1, -0.05) is 0 Å². The summed E-state index contributed by atoms with van der Waals surface area (Å²) in [5.74, 6) is -0.326. The number of hydrogen-bond acceptors (Lipinski definition) is 12. The van der Waals surface area contributed by atoms with Gasteiger partial charge < -0.3 is 44.2 Å². The zero-order valence-corrected chi connectivity index (χ0v) is 15.2. The average molecular weight is 443 g/mol. The van der Waals surface area contributed by atoms with E-state index in [-0.39, 0.29) is 17.0 Å². The van der Waals surface area contributed by atoms with Crippen LogP contribution in [0.1, 0.15) is 6.23 Å². The SMILES string of the molecule is Nc1nc(F)nc2c1ncn2C1OC(COP(=O)([O-])O)C(OP(=O)([O-])O)C1O. The molecule has 0 aromatic carbocycles. The van der Waals surface area contributed by atoms with Crippen LogP contribution in [0.15, 0.2) is 6.33 Å². The molecule has 15 nitrogen and oxygen atoms in total. The molecule has 0 spiro atoms. The highest BCUT2D eigenvalue weighted by Crippen LogP contribution is 2.43. The maximum Gasteiger partial charge on any atom is 0.312 e. The summed E-state index contributed by atoms with van der Waals surface area (Å²) in [6.45, 7) is -0.979. The Morgan fingerprint density at radius 1 is 1.32 bits per heavy atom. The monoisotopic (exact) mass is 443 g/mol. The standard InChI is InChI=1S/C10H14FN5O10P2/c11-10-14-7(12)4-8(15-10)16(2-13-4)9-5(17)6(26-28(21,22)23)3(25-9)1-24-27(18,19)20/h2-3,5-6,9,17H,1H2,(H2,12,14,15)(H2,18,19,20)(H2,21,22,23)/p-2. The van der Waals surface area contributed by atoms with Gasteiger partial charge in [0.05, 0.1) is 12.9 Å². The Hall–Kier alpha value is -1.58. The van der Waals surface area contributed by atoms with E-state index < -0.39 is 52.9 Å². The van der Waals surface area contributed by atoms with Crippen LogP contribution in [0.25, 0.3) is 11.2 Å². The first kappa shape index (κ1) is 21.1. The molecular formula is C10H12FN5O10P2-2. The Balaban J connectivity index is 1.96. The lowest BCUT2D eigenvalue weighted by Gasteiger charge is -2.26. The second-order valence-electron chi connectivity index (χ2n) is 5.56. The van der Waals surface area contributed by atoms with E-state index in [9.17, 15) is 28.4 Å². The van der Waals surface area contributed by atoms with Crippen molar-refractivity contribution in [3.05, 3.63) is 12.4 Å². The largest absolute Gasteiger partial charge is 0.756 e. The van der Waals surface area contributed by atoms with Crippen LogP contribution in [-0.2, 0) is 22.9 Å². The fraction of sp³-hybridized carbons (Fsp3) is 0.500. The smallest absolute Gasteiger partial charge is 0.312 e. The van der Waals surface area contributed by atoms with E-state index in [1.54, 1.807) is 0 Å². The molecule has 0 amide bonds. The number of aliphatic hydroxyl groups is 1. The highest BCUT2D eigenvalue weighted by Gasteiger charge is 2.48. The number of imidazole rings is 1. The van der Waals surface area contributed by atoms with E-state index in [4.69, 9.17) is 20.3 Å². The van der Waals surface area contributed by atoms with E-state index >= 15 is 0 Å². The van der Waals surface area contributed by atoms with Gasteiger partial charge in [-0.05, 0) is 0 Å². The third kappa shape index (κ3) is 4.52. The fourth-order valence-corrected chi connectivity index (χ4v) is 3.54. The molecule has 2 aromatic heterocycles. The van der Waals surface area contributed by atoms with E-state index in [1.165, 1.54) is 0 Å². The molecule has 0 radical (unpaired) electrons. The number of hydrogen-bond donors (Lipinski definition) is 4. The molecule has 1 aliphatic rings. The van der Waals surface area contributed by atoms with E-state index in [1.807, 2.05) is 0 Å². The number of phosphoric ester groups is 2. The molecule has 2 aromatic rings. The number of anilines is 1. The second kappa shape index (κ2) is 7.35. The van der Waals surface area contributed by atoms with Crippen LogP contribution in [0, 0.1) is 6.08 Å². The molecule has 1 aliphatic heterocycles. The van der Waals surface area contributed by atoms with Gasteiger partial charge in [0.1, 0.15) is 18.3 Å². The lowest BCUT2D eigenvalue weighted by atomic mass is 10.1. The van der Waals surface area contributed by atoms with Crippen molar-refractivity contribution in [2.75, 3.05) is 12.3 Å². The number of phosphoric acid groups is 2. The number of aromatic nitrogens is 4. The van der Waals surface area contributed by atoms with Crippen molar-refractivity contribution in [3.63, 3.8) is 0 Å². The van der Waals surface area contributed by atoms with Gasteiger partial charge >= 0.3 is 6.08 Å². The van der Waals surface area contributed by atoms with Crippen LogP contribution in [0.3, 0.4) is 0 Å². The summed E-state index contributed by atoms with van der Waals surface area (Å²) in [5.41, 5.74) is 5.22. The maximum absolute atomic E-state index is 13.5. The maximum atomic E-state index is 13.5. The summed E-state index contributed by atoms with van der Waals surface area (Å²) in [5, 5.41) is 10.4. The zero-order valence-electron chi connectivity index (χ0n) is 13.4. The molecule has 6 atom stereocenters. The number of nitrogens with zero attached hydrogens (tertiary/aromatic N) is 4. The summed E-state index contributed by atoms with van der Waals surface area (Å²) in [6.07, 6.45) is -7.06. The fourth-order valence-electron chi connectivity index (χ4n) is 2.63. The molecule has 6 unspecified atom stereocenters. The predicted molar refractivity (Wildman–Crippen MR) is 80.1 cm³/mol. The van der Waals surface area contributed by atoms with Crippen LogP contribution in [0.5, 0.6) is 0 Å². The first-order valence-corrected chi connectivity index (χ1v) is 10.2. The Labute approximate surface area is 154 Å².